The van der Waals surface area contributed by atoms with Crippen molar-refractivity contribution in [3.8, 4) is 0 Å². The van der Waals surface area contributed by atoms with Crippen LogP contribution >= 0.6 is 0 Å². The Morgan fingerprint density at radius 2 is 0.300 bits per heavy atom. The molecule has 20 heavy (non-hydrogen) atoms. The average molecular weight is 279 g/mol. The van der Waals surface area contributed by atoms with Gasteiger partial charge in [-0.1, -0.05) is 0 Å². The Bertz CT molecular complexity index is 86.0. The fourth-order valence-corrected chi connectivity index (χ4v) is 0. The molecule has 0 saturated carbocycles. The van der Waals surface area contributed by atoms with Gasteiger partial charge in [-0.2, -0.15) is 0 Å². The minimum absolute atomic E-state index is 0. The quantitative estimate of drug-likeness (QED) is 0.185. The van der Waals surface area contributed by atoms with E-state index in [1.165, 1.54) is 0 Å². The Hall–Kier alpha value is 2.17. The maximum atomic E-state index is 7.17. The summed E-state index contributed by atoms with van der Waals surface area (Å²) in [6, 6.07) is 0. The van der Waals surface area contributed by atoms with Crippen LogP contribution in [0, 0.1) is 0 Å². The van der Waals surface area contributed by atoms with E-state index in [1.54, 1.807) is 0 Å². The largest absolute Gasteiger partial charge is 1.00 e. The van der Waals surface area contributed by atoms with Gasteiger partial charge in [0.25, 0.3) is 0 Å². The molecule has 104 valence electrons. The minimum Gasteiger partial charge on any atom is -1.00 e. The fraction of sp³-hybridized carbons (Fsp3) is 0. The Morgan fingerprint density at radius 3 is 0.300 bits per heavy atom. The topological polar surface area (TPSA) is 243 Å². The molecule has 0 aromatic carbocycles. The second kappa shape index (κ2) is 42.9. The first kappa shape index (κ1) is 49.5. The molecule has 0 aromatic rings. The standard InChI is InChI=1S/4BH3O3.4Li.4H/c4*2-1(3)4;;;;;;;;/h4*2-4H;;;;;;;;/q;;;;4*+1;4*-1. The van der Waals surface area contributed by atoms with Crippen molar-refractivity contribution in [1.82, 2.24) is 0 Å². The van der Waals surface area contributed by atoms with Crippen molar-refractivity contribution in [2.45, 2.75) is 0 Å². The molecule has 0 unspecified atom stereocenters. The first-order valence-corrected chi connectivity index (χ1v) is 3.10. The molecule has 0 saturated heterocycles. The first-order chi connectivity index (χ1) is 6.93. The predicted molar refractivity (Wildman–Crippen MR) is 54.1 cm³/mol. The number of rotatable bonds is 0. The van der Waals surface area contributed by atoms with E-state index in [2.05, 4.69) is 0 Å². The van der Waals surface area contributed by atoms with Gasteiger partial charge in [0, 0.05) is 0 Å². The van der Waals surface area contributed by atoms with Crippen molar-refractivity contribution in [3.05, 3.63) is 0 Å². The monoisotopic (exact) mass is 280 g/mol. The Kier molecular flexibility index (Phi) is 106. The van der Waals surface area contributed by atoms with Crippen molar-refractivity contribution in [1.29, 1.82) is 0 Å². The number of hydrogen-bond acceptors (Lipinski definition) is 12. The Balaban J connectivity index is -0.00000000720. The van der Waals surface area contributed by atoms with Crippen molar-refractivity contribution in [2.75, 3.05) is 0 Å². The van der Waals surface area contributed by atoms with Crippen LogP contribution in [0.2, 0.25) is 0 Å². The summed E-state index contributed by atoms with van der Waals surface area (Å²) in [5.41, 5.74) is 0. The molecule has 0 heterocycles. The van der Waals surface area contributed by atoms with Gasteiger partial charge in [0.05, 0.1) is 0 Å². The zero-order chi connectivity index (χ0) is 14.3. The molecule has 0 amide bonds. The van der Waals surface area contributed by atoms with E-state index < -0.39 is 29.3 Å². The van der Waals surface area contributed by atoms with Gasteiger partial charge in [0.2, 0.25) is 0 Å². The summed E-state index contributed by atoms with van der Waals surface area (Å²) in [6.07, 6.45) is 0. The number of hydrogen-bond donors (Lipinski definition) is 12. The average Bonchev–Trinajstić information content (AvgIpc) is 1.76. The van der Waals surface area contributed by atoms with Crippen LogP contribution in [0.3, 0.4) is 0 Å². The summed E-state index contributed by atoms with van der Waals surface area (Å²) in [5.74, 6) is 0. The molecule has 0 aromatic heterocycles. The van der Waals surface area contributed by atoms with Crippen LogP contribution in [0.5, 0.6) is 0 Å². The summed E-state index contributed by atoms with van der Waals surface area (Å²) in [5, 5.41) is 86.0. The van der Waals surface area contributed by atoms with Gasteiger partial charge >= 0.3 is 105 Å². The van der Waals surface area contributed by atoms with Gasteiger partial charge < -0.3 is 66.0 Å². The molecule has 0 aliphatic heterocycles. The maximum Gasteiger partial charge on any atom is 1.00 e. The molecule has 0 fully saturated rings. The molecule has 0 aliphatic rings. The molecule has 0 aliphatic carbocycles. The summed E-state index contributed by atoms with van der Waals surface area (Å²) < 4.78 is 0. The summed E-state index contributed by atoms with van der Waals surface area (Å²) >= 11 is 0. The van der Waals surface area contributed by atoms with E-state index >= 15 is 0 Å². The van der Waals surface area contributed by atoms with Crippen molar-refractivity contribution >= 4 is 29.3 Å². The third-order valence-corrected chi connectivity index (χ3v) is 0. The summed E-state index contributed by atoms with van der Waals surface area (Å²) in [4.78, 5) is 0. The predicted octanol–water partition coefficient (Wildman–Crippen LogP) is -19.7. The van der Waals surface area contributed by atoms with Gasteiger partial charge in [-0.25, -0.2) is 0 Å². The van der Waals surface area contributed by atoms with Crippen molar-refractivity contribution < 1.29 is 141 Å². The minimum atomic E-state index is -2.17. The Labute approximate surface area is 170 Å². The molecule has 0 spiro atoms. The fourth-order valence-electron chi connectivity index (χ4n) is 0. The van der Waals surface area contributed by atoms with Gasteiger partial charge in [0.1, 0.15) is 0 Å². The van der Waals surface area contributed by atoms with Gasteiger partial charge in [-0.05, 0) is 0 Å². The maximum absolute atomic E-state index is 7.17. The van der Waals surface area contributed by atoms with Gasteiger partial charge in [-0.3, -0.25) is 0 Å². The molecule has 20 heteroatoms. The van der Waals surface area contributed by atoms with Crippen LogP contribution in [0.4, 0.5) is 0 Å². The normalized spacial score (nSPS) is 5.40. The second-order valence-electron chi connectivity index (χ2n) is 1.39. The van der Waals surface area contributed by atoms with Crippen LogP contribution < -0.4 is 75.4 Å². The van der Waals surface area contributed by atoms with Gasteiger partial charge in [-0.15, -0.1) is 0 Å². The SMILES string of the molecule is OB(O)O.OB(O)O.OB(O)O.OB(O)O.[H-].[H-].[H-].[H-].[Li+].[Li+].[Li+].[Li+]. The third-order valence-electron chi connectivity index (χ3n) is 0. The zero-order valence-electron chi connectivity index (χ0n) is 15.7. The molecular weight excluding hydrogens is 263 g/mol. The van der Waals surface area contributed by atoms with Crippen LogP contribution in [0.15, 0.2) is 0 Å². The van der Waals surface area contributed by atoms with Crippen LogP contribution in [0.1, 0.15) is 5.71 Å². The van der Waals surface area contributed by atoms with Crippen LogP contribution in [0.25, 0.3) is 0 Å². The Morgan fingerprint density at radius 1 is 0.300 bits per heavy atom. The molecule has 0 bridgehead atoms. The molecule has 0 rings (SSSR count). The van der Waals surface area contributed by atoms with Gasteiger partial charge in [0.15, 0.2) is 0 Å². The molecule has 0 radical (unpaired) electrons. The smallest absolute Gasteiger partial charge is 1.00 e. The van der Waals surface area contributed by atoms with E-state index in [-0.39, 0.29) is 81.1 Å². The van der Waals surface area contributed by atoms with Crippen LogP contribution in [-0.4, -0.2) is 89.6 Å². The van der Waals surface area contributed by atoms with E-state index in [0.717, 1.165) is 0 Å². The molecule has 12 N–H and O–H groups in total. The molecule has 0 atom stereocenters. The van der Waals surface area contributed by atoms with Crippen LogP contribution in [-0.2, 0) is 0 Å². The summed E-state index contributed by atoms with van der Waals surface area (Å²) in [7, 11) is -8.67. The van der Waals surface area contributed by atoms with E-state index in [4.69, 9.17) is 60.3 Å². The molecular formula is H16B4Li4O12. The summed E-state index contributed by atoms with van der Waals surface area (Å²) in [6.45, 7) is 0. The van der Waals surface area contributed by atoms with E-state index in [0.29, 0.717) is 0 Å². The van der Waals surface area contributed by atoms with Crippen molar-refractivity contribution in [3.63, 3.8) is 0 Å². The third kappa shape index (κ3) is 1570. The second-order valence-corrected chi connectivity index (χ2v) is 1.39. The van der Waals surface area contributed by atoms with Crippen molar-refractivity contribution in [2.24, 2.45) is 0 Å². The van der Waals surface area contributed by atoms with E-state index in [9.17, 15) is 0 Å². The van der Waals surface area contributed by atoms with E-state index in [1.807, 2.05) is 0 Å². The first-order valence-electron chi connectivity index (χ1n) is 3.10. The molecule has 12 nitrogen and oxygen atoms in total. The zero-order valence-corrected chi connectivity index (χ0v) is 11.7.